The molecule has 1 aliphatic heterocycles. The monoisotopic (exact) mass is 252 g/mol. The van der Waals surface area contributed by atoms with Crippen molar-refractivity contribution in [2.75, 3.05) is 31.7 Å². The van der Waals surface area contributed by atoms with Gasteiger partial charge in [0, 0.05) is 33.0 Å². The lowest BCUT2D eigenvalue weighted by atomic mass is 9.93. The van der Waals surface area contributed by atoms with Crippen LogP contribution in [0.25, 0.3) is 0 Å². The van der Waals surface area contributed by atoms with Crippen LogP contribution in [0.15, 0.2) is 18.5 Å². The predicted octanol–water partition coefficient (Wildman–Crippen LogP) is 2.86. The Hall–Kier alpha value is -1.16. The van der Waals surface area contributed by atoms with Gasteiger partial charge in [-0.2, -0.15) is 0 Å². The summed E-state index contributed by atoms with van der Waals surface area (Å²) in [6, 6.07) is 1.77. The Balaban J connectivity index is 1.92. The van der Waals surface area contributed by atoms with E-state index in [0.717, 1.165) is 39.0 Å². The maximum Gasteiger partial charge on any atom is 0.164 e. The van der Waals surface area contributed by atoms with Crippen molar-refractivity contribution >= 4 is 5.69 Å². The number of methoxy groups -OCH3 is 1. The fraction of sp³-hybridized carbons (Fsp3) is 0.643. The summed E-state index contributed by atoms with van der Waals surface area (Å²) in [7, 11) is 1.74. The van der Waals surface area contributed by atoms with E-state index in [4.69, 9.17) is 4.74 Å². The molecule has 0 N–H and O–H groups in total. The number of anilines is 1. The van der Waals surface area contributed by atoms with E-state index in [1.54, 1.807) is 19.4 Å². The SMILES string of the molecule is COCCCC1CCCN(c2ccncc2F)C1. The van der Waals surface area contributed by atoms with Crippen LogP contribution in [-0.4, -0.2) is 31.8 Å². The van der Waals surface area contributed by atoms with Gasteiger partial charge in [0.1, 0.15) is 0 Å². The highest BCUT2D eigenvalue weighted by molar-refractivity contribution is 5.46. The summed E-state index contributed by atoms with van der Waals surface area (Å²) in [5.74, 6) is 0.441. The standard InChI is InChI=1S/C14H21FN2O/c1-18-9-3-5-12-4-2-8-17(11-12)14-6-7-16-10-13(14)15/h6-7,10,12H,2-5,8-9,11H2,1H3. The van der Waals surface area contributed by atoms with E-state index < -0.39 is 0 Å². The third-order valence-corrected chi connectivity index (χ3v) is 3.57. The second kappa shape index (κ2) is 6.69. The molecule has 0 aromatic carbocycles. The molecule has 1 aromatic rings. The molecule has 3 nitrogen and oxygen atoms in total. The quantitative estimate of drug-likeness (QED) is 0.753. The van der Waals surface area contributed by atoms with Gasteiger partial charge >= 0.3 is 0 Å². The Morgan fingerprint density at radius 1 is 1.56 bits per heavy atom. The minimum absolute atomic E-state index is 0.213. The van der Waals surface area contributed by atoms with E-state index in [1.807, 2.05) is 0 Å². The third kappa shape index (κ3) is 3.42. The maximum absolute atomic E-state index is 13.7. The topological polar surface area (TPSA) is 25.4 Å². The molecule has 1 saturated heterocycles. The first-order valence-electron chi connectivity index (χ1n) is 6.64. The van der Waals surface area contributed by atoms with Gasteiger partial charge in [-0.3, -0.25) is 4.98 Å². The van der Waals surface area contributed by atoms with Gasteiger partial charge in [-0.05, 0) is 37.7 Å². The smallest absolute Gasteiger partial charge is 0.164 e. The molecule has 0 aliphatic carbocycles. The summed E-state index contributed by atoms with van der Waals surface area (Å²) in [5, 5.41) is 0. The molecule has 1 aliphatic rings. The third-order valence-electron chi connectivity index (χ3n) is 3.57. The van der Waals surface area contributed by atoms with E-state index >= 15 is 0 Å². The van der Waals surface area contributed by atoms with E-state index in [-0.39, 0.29) is 5.82 Å². The van der Waals surface area contributed by atoms with Gasteiger partial charge in [-0.25, -0.2) is 4.39 Å². The van der Waals surface area contributed by atoms with Crippen molar-refractivity contribution in [2.45, 2.75) is 25.7 Å². The number of halogens is 1. The normalized spacial score (nSPS) is 20.1. The molecule has 0 spiro atoms. The largest absolute Gasteiger partial charge is 0.385 e. The van der Waals surface area contributed by atoms with Gasteiger partial charge in [0.05, 0.1) is 11.9 Å². The molecular formula is C14H21FN2O. The molecule has 18 heavy (non-hydrogen) atoms. The van der Waals surface area contributed by atoms with E-state index in [2.05, 4.69) is 9.88 Å². The highest BCUT2D eigenvalue weighted by Crippen LogP contribution is 2.27. The van der Waals surface area contributed by atoms with Gasteiger partial charge < -0.3 is 9.64 Å². The number of nitrogens with zero attached hydrogens (tertiary/aromatic N) is 2. The Morgan fingerprint density at radius 3 is 3.22 bits per heavy atom. The second-order valence-electron chi connectivity index (χ2n) is 4.92. The lowest BCUT2D eigenvalue weighted by Crippen LogP contribution is -2.36. The number of ether oxygens (including phenoxy) is 1. The molecule has 1 aromatic heterocycles. The average molecular weight is 252 g/mol. The van der Waals surface area contributed by atoms with E-state index in [1.165, 1.54) is 12.6 Å². The first-order chi connectivity index (χ1) is 8.81. The lowest BCUT2D eigenvalue weighted by Gasteiger charge is -2.34. The van der Waals surface area contributed by atoms with Crippen LogP contribution in [0.1, 0.15) is 25.7 Å². The predicted molar refractivity (Wildman–Crippen MR) is 70.2 cm³/mol. The summed E-state index contributed by atoms with van der Waals surface area (Å²) in [5.41, 5.74) is 0.696. The Morgan fingerprint density at radius 2 is 2.44 bits per heavy atom. The van der Waals surface area contributed by atoms with Crippen LogP contribution in [-0.2, 0) is 4.74 Å². The summed E-state index contributed by atoms with van der Waals surface area (Å²) in [6.07, 6.45) is 7.59. The molecule has 2 heterocycles. The molecule has 1 unspecified atom stereocenters. The van der Waals surface area contributed by atoms with Crippen LogP contribution in [0.2, 0.25) is 0 Å². The Labute approximate surface area is 108 Å². The second-order valence-corrected chi connectivity index (χ2v) is 4.92. The van der Waals surface area contributed by atoms with E-state index in [0.29, 0.717) is 11.6 Å². The Bertz CT molecular complexity index is 373. The molecule has 1 fully saturated rings. The minimum atomic E-state index is -0.213. The molecule has 100 valence electrons. The molecule has 4 heteroatoms. The average Bonchev–Trinajstić information content (AvgIpc) is 2.40. The molecule has 0 bridgehead atoms. The minimum Gasteiger partial charge on any atom is -0.385 e. The van der Waals surface area contributed by atoms with Crippen LogP contribution in [0.4, 0.5) is 10.1 Å². The van der Waals surface area contributed by atoms with E-state index in [9.17, 15) is 4.39 Å². The van der Waals surface area contributed by atoms with Crippen molar-refractivity contribution in [3.8, 4) is 0 Å². The lowest BCUT2D eigenvalue weighted by molar-refractivity contribution is 0.184. The van der Waals surface area contributed by atoms with Crippen molar-refractivity contribution < 1.29 is 9.13 Å². The number of piperidine rings is 1. The molecule has 0 radical (unpaired) electrons. The van der Waals surface area contributed by atoms with Crippen molar-refractivity contribution in [3.05, 3.63) is 24.3 Å². The molecule has 0 saturated carbocycles. The fourth-order valence-electron chi connectivity index (χ4n) is 2.66. The number of hydrogen-bond acceptors (Lipinski definition) is 3. The zero-order valence-electron chi connectivity index (χ0n) is 10.9. The maximum atomic E-state index is 13.7. The summed E-state index contributed by atoms with van der Waals surface area (Å²) in [6.45, 7) is 2.71. The first kappa shape index (κ1) is 13.3. The van der Waals surface area contributed by atoms with Crippen molar-refractivity contribution in [3.63, 3.8) is 0 Å². The number of pyridine rings is 1. The van der Waals surface area contributed by atoms with Crippen LogP contribution in [0.5, 0.6) is 0 Å². The molecular weight excluding hydrogens is 231 g/mol. The zero-order valence-corrected chi connectivity index (χ0v) is 10.9. The number of aromatic nitrogens is 1. The summed E-state index contributed by atoms with van der Waals surface area (Å²) < 4.78 is 18.8. The van der Waals surface area contributed by atoms with Gasteiger partial charge in [0.25, 0.3) is 0 Å². The van der Waals surface area contributed by atoms with Crippen LogP contribution in [0.3, 0.4) is 0 Å². The van der Waals surface area contributed by atoms with Gasteiger partial charge in [-0.15, -0.1) is 0 Å². The number of rotatable bonds is 5. The molecule has 0 amide bonds. The van der Waals surface area contributed by atoms with Crippen LogP contribution >= 0.6 is 0 Å². The first-order valence-corrected chi connectivity index (χ1v) is 6.64. The van der Waals surface area contributed by atoms with Crippen molar-refractivity contribution in [2.24, 2.45) is 5.92 Å². The zero-order chi connectivity index (χ0) is 12.8. The Kier molecular flexibility index (Phi) is 4.93. The van der Waals surface area contributed by atoms with Crippen LogP contribution in [0, 0.1) is 11.7 Å². The highest BCUT2D eigenvalue weighted by Gasteiger charge is 2.21. The number of hydrogen-bond donors (Lipinski definition) is 0. The fourth-order valence-corrected chi connectivity index (χ4v) is 2.66. The summed E-state index contributed by atoms with van der Waals surface area (Å²) in [4.78, 5) is 5.95. The van der Waals surface area contributed by atoms with Gasteiger partial charge in [0.2, 0.25) is 0 Å². The van der Waals surface area contributed by atoms with Crippen LogP contribution < -0.4 is 4.90 Å². The van der Waals surface area contributed by atoms with Crippen molar-refractivity contribution in [1.29, 1.82) is 0 Å². The van der Waals surface area contributed by atoms with Crippen molar-refractivity contribution in [1.82, 2.24) is 4.98 Å². The highest BCUT2D eigenvalue weighted by atomic mass is 19.1. The summed E-state index contributed by atoms with van der Waals surface area (Å²) >= 11 is 0. The molecule has 1 atom stereocenters. The molecule has 2 rings (SSSR count). The van der Waals surface area contributed by atoms with Gasteiger partial charge in [-0.1, -0.05) is 0 Å². The van der Waals surface area contributed by atoms with Gasteiger partial charge in [0.15, 0.2) is 5.82 Å².